The van der Waals surface area contributed by atoms with E-state index in [0.29, 0.717) is 0 Å². The van der Waals surface area contributed by atoms with E-state index in [9.17, 15) is 0 Å². The summed E-state index contributed by atoms with van der Waals surface area (Å²) in [6.07, 6.45) is 0. The Morgan fingerprint density at radius 3 is 2.00 bits per heavy atom. The van der Waals surface area contributed by atoms with Crippen molar-refractivity contribution in [3.05, 3.63) is 65.2 Å². The summed E-state index contributed by atoms with van der Waals surface area (Å²) in [4.78, 5) is 4.19. The Hall–Kier alpha value is -1.32. The highest BCUT2D eigenvalue weighted by atomic mass is 32.1. The number of nitrogens with zero attached hydrogens (tertiary/aromatic N) is 1. The van der Waals surface area contributed by atoms with Crippen molar-refractivity contribution in [1.29, 1.82) is 0 Å². The summed E-state index contributed by atoms with van der Waals surface area (Å²) in [5, 5.41) is 0. The highest BCUT2D eigenvalue weighted by molar-refractivity contribution is 7.96. The van der Waals surface area contributed by atoms with Gasteiger partial charge in [-0.2, -0.15) is 0 Å². The average molecular weight is 372 g/mol. The van der Waals surface area contributed by atoms with Gasteiger partial charge >= 0.3 is 0 Å². The molecule has 0 bridgehead atoms. The van der Waals surface area contributed by atoms with Crippen molar-refractivity contribution in [3.63, 3.8) is 0 Å². The third-order valence-electron chi connectivity index (χ3n) is 4.49. The van der Waals surface area contributed by atoms with Crippen LogP contribution in [0.4, 0.5) is 5.69 Å². The molecule has 0 aliphatic rings. The molecular formula is C22H29NS2. The number of hydrogen-bond donors (Lipinski definition) is 2. The molecule has 3 heteroatoms. The Morgan fingerprint density at radius 1 is 0.880 bits per heavy atom. The van der Waals surface area contributed by atoms with Crippen LogP contribution in [0.15, 0.2) is 48.5 Å². The molecule has 0 atom stereocenters. The van der Waals surface area contributed by atoms with Gasteiger partial charge in [0.15, 0.2) is 0 Å². The second kappa shape index (κ2) is 8.37. The van der Waals surface area contributed by atoms with Gasteiger partial charge in [-0.25, -0.2) is 0 Å². The molecule has 0 heterocycles. The quantitative estimate of drug-likeness (QED) is 0.447. The van der Waals surface area contributed by atoms with Crippen LogP contribution >= 0.6 is 25.3 Å². The Bertz CT molecular complexity index is 738. The molecule has 0 saturated carbocycles. The molecule has 0 aliphatic carbocycles. The van der Waals surface area contributed by atoms with Crippen molar-refractivity contribution in [2.24, 2.45) is 0 Å². The van der Waals surface area contributed by atoms with Crippen LogP contribution in [0.2, 0.25) is 0 Å². The third kappa shape index (κ3) is 4.65. The zero-order valence-electron chi connectivity index (χ0n) is 15.9. The summed E-state index contributed by atoms with van der Waals surface area (Å²) < 4.78 is 0. The van der Waals surface area contributed by atoms with Gasteiger partial charge < -0.3 is 4.90 Å². The molecule has 1 nitrogen and oxygen atoms in total. The Kier molecular flexibility index (Phi) is 6.70. The molecule has 134 valence electrons. The molecule has 0 radical (unpaired) electrons. The first kappa shape index (κ1) is 20.0. The smallest absolute Gasteiger partial charge is 0.0451 e. The summed E-state index contributed by atoms with van der Waals surface area (Å²) >= 11 is 9.68. The number of hydrogen-bond acceptors (Lipinski definition) is 3. The van der Waals surface area contributed by atoms with Gasteiger partial charge in [-0.3, -0.25) is 0 Å². The predicted octanol–water partition coefficient (Wildman–Crippen LogP) is 6.52. The molecule has 2 aromatic rings. The van der Waals surface area contributed by atoms with Gasteiger partial charge in [0.1, 0.15) is 0 Å². The van der Waals surface area contributed by atoms with Crippen LogP contribution < -0.4 is 4.90 Å². The second-order valence-electron chi connectivity index (χ2n) is 7.22. The number of anilines is 1. The fraction of sp³-hybridized carbons (Fsp3) is 0.364. The van der Waals surface area contributed by atoms with E-state index in [4.69, 9.17) is 25.3 Å². The van der Waals surface area contributed by atoms with E-state index >= 15 is 0 Å². The van der Waals surface area contributed by atoms with Gasteiger partial charge in [-0.05, 0) is 42.5 Å². The van der Waals surface area contributed by atoms with Gasteiger partial charge in [0, 0.05) is 34.2 Å². The molecule has 0 N–H and O–H groups in total. The number of benzene rings is 2. The fourth-order valence-corrected chi connectivity index (χ4v) is 3.47. The van der Waals surface area contributed by atoms with Crippen LogP contribution in [0.5, 0.6) is 0 Å². The number of thiol groups is 2. The second-order valence-corrected chi connectivity index (χ2v) is 8.11. The minimum atomic E-state index is 0.0914. The molecule has 0 aromatic heterocycles. The zero-order valence-corrected chi connectivity index (χ0v) is 17.7. The number of rotatable bonds is 5. The average Bonchev–Trinajstić information content (AvgIpc) is 2.61. The van der Waals surface area contributed by atoms with Crippen LogP contribution in [0.1, 0.15) is 51.3 Å². The largest absolute Gasteiger partial charge is 0.372 e. The Morgan fingerprint density at radius 2 is 1.48 bits per heavy atom. The lowest BCUT2D eigenvalue weighted by molar-refractivity contribution is 0.590. The van der Waals surface area contributed by atoms with Crippen molar-refractivity contribution in [2.75, 3.05) is 18.0 Å². The Balaban J connectivity index is 2.67. The van der Waals surface area contributed by atoms with E-state index in [1.165, 1.54) is 11.3 Å². The lowest BCUT2D eigenvalue weighted by atomic mass is 9.85. The maximum absolute atomic E-state index is 4.89. The van der Waals surface area contributed by atoms with E-state index in [-0.39, 0.29) is 5.41 Å². The first-order valence-corrected chi connectivity index (χ1v) is 9.76. The summed E-state index contributed by atoms with van der Waals surface area (Å²) in [6, 6.07) is 17.0. The maximum atomic E-state index is 4.89. The molecule has 2 rings (SSSR count). The molecule has 2 aromatic carbocycles. The zero-order chi connectivity index (χ0) is 18.6. The van der Waals surface area contributed by atoms with Gasteiger partial charge in [0.25, 0.3) is 0 Å². The first-order valence-electron chi connectivity index (χ1n) is 8.87. The summed E-state index contributed by atoms with van der Waals surface area (Å²) in [5.41, 5.74) is 4.84. The summed E-state index contributed by atoms with van der Waals surface area (Å²) in [7, 11) is 0. The van der Waals surface area contributed by atoms with E-state index in [0.717, 1.165) is 34.0 Å². The highest BCUT2D eigenvalue weighted by Crippen LogP contribution is 2.39. The summed E-state index contributed by atoms with van der Waals surface area (Å²) in [6.45, 7) is 13.0. The molecule has 0 unspecified atom stereocenters. The first-order chi connectivity index (χ1) is 11.8. The molecule has 25 heavy (non-hydrogen) atoms. The van der Waals surface area contributed by atoms with Crippen LogP contribution in [0, 0.1) is 0 Å². The minimum Gasteiger partial charge on any atom is -0.372 e. The molecular weight excluding hydrogens is 342 g/mol. The van der Waals surface area contributed by atoms with Gasteiger partial charge in [0.2, 0.25) is 0 Å². The molecule has 0 amide bonds. The standard InChI is InChI=1S/C22H29NS2/c1-6-23(7-2)19-14-13-17(22(3,4)5)15-18(19)21(25)20(24)16-11-9-8-10-12-16/h8-15,24-25H,6-7H2,1-5H3/b21-20-. The summed E-state index contributed by atoms with van der Waals surface area (Å²) in [5.74, 6) is 0. The van der Waals surface area contributed by atoms with Crippen molar-refractivity contribution < 1.29 is 0 Å². The molecule has 0 fully saturated rings. The third-order valence-corrected chi connectivity index (χ3v) is 5.62. The van der Waals surface area contributed by atoms with Crippen LogP contribution in [0.3, 0.4) is 0 Å². The van der Waals surface area contributed by atoms with Crippen molar-refractivity contribution in [3.8, 4) is 0 Å². The Labute approximate surface area is 164 Å². The van der Waals surface area contributed by atoms with Crippen LogP contribution in [0.25, 0.3) is 9.81 Å². The van der Waals surface area contributed by atoms with Gasteiger partial charge in [-0.1, -0.05) is 57.2 Å². The van der Waals surface area contributed by atoms with Crippen molar-refractivity contribution >= 4 is 40.8 Å². The van der Waals surface area contributed by atoms with Crippen LogP contribution in [-0.2, 0) is 5.41 Å². The van der Waals surface area contributed by atoms with Crippen molar-refractivity contribution in [2.45, 2.75) is 40.0 Å². The molecule has 0 aliphatic heterocycles. The highest BCUT2D eigenvalue weighted by Gasteiger charge is 2.19. The lowest BCUT2D eigenvalue weighted by Gasteiger charge is -2.28. The van der Waals surface area contributed by atoms with Crippen LogP contribution in [-0.4, -0.2) is 13.1 Å². The van der Waals surface area contributed by atoms with E-state index < -0.39 is 0 Å². The molecule has 0 saturated heterocycles. The predicted molar refractivity (Wildman–Crippen MR) is 120 cm³/mol. The van der Waals surface area contributed by atoms with Crippen molar-refractivity contribution in [1.82, 2.24) is 0 Å². The van der Waals surface area contributed by atoms with E-state index in [2.05, 4.69) is 69.9 Å². The fourth-order valence-electron chi connectivity index (χ4n) is 2.89. The van der Waals surface area contributed by atoms with Gasteiger partial charge in [0.05, 0.1) is 0 Å². The lowest BCUT2D eigenvalue weighted by Crippen LogP contribution is -2.23. The maximum Gasteiger partial charge on any atom is 0.0451 e. The SMILES string of the molecule is CCN(CC)c1ccc(C(C)(C)C)cc1/C(S)=C(/S)c1ccccc1. The molecule has 0 spiro atoms. The topological polar surface area (TPSA) is 3.24 Å². The van der Waals surface area contributed by atoms with Gasteiger partial charge in [-0.15, -0.1) is 25.3 Å². The van der Waals surface area contributed by atoms with E-state index in [1.54, 1.807) is 0 Å². The van der Waals surface area contributed by atoms with E-state index in [1.807, 2.05) is 18.2 Å². The monoisotopic (exact) mass is 371 g/mol. The minimum absolute atomic E-state index is 0.0914. The normalized spacial score (nSPS) is 12.8.